The fourth-order valence-electron chi connectivity index (χ4n) is 1.58. The zero-order valence-corrected chi connectivity index (χ0v) is 21.5. The van der Waals surface area contributed by atoms with Crippen molar-refractivity contribution in [2.75, 3.05) is 13.2 Å². The number of carbonyl (C=O) groups excluding carboxylic acids is 2. The van der Waals surface area contributed by atoms with Gasteiger partial charge in [-0.1, -0.05) is 36.4 Å². The van der Waals surface area contributed by atoms with Crippen molar-refractivity contribution in [1.82, 2.24) is 0 Å². The van der Waals surface area contributed by atoms with E-state index >= 15 is 0 Å². The molecule has 2 aromatic rings. The standard InChI is InChI=1S/2C9H10O2.4ClH.2Ru/c2*1-2-11-9(10)8-6-4-3-5-7-8;;;;;;/h2*3-7H,2H2,1H3;4*1H;;/q;;;;;;2*+2/p-4. The van der Waals surface area contributed by atoms with E-state index in [1.165, 1.54) is 0 Å². The van der Waals surface area contributed by atoms with Crippen LogP contribution >= 0.6 is 38.8 Å². The number of rotatable bonds is 4. The molecule has 28 heavy (non-hydrogen) atoms. The van der Waals surface area contributed by atoms with E-state index in [2.05, 4.69) is 0 Å². The molecule has 0 aliphatic heterocycles. The molecule has 0 saturated heterocycles. The van der Waals surface area contributed by atoms with E-state index in [0.29, 0.717) is 24.3 Å². The minimum atomic E-state index is -0.346. The molecule has 0 N–H and O–H groups in total. The molecule has 10 heteroatoms. The predicted molar refractivity (Wildman–Crippen MR) is 108 cm³/mol. The minimum absolute atomic E-state index is 0.256. The van der Waals surface area contributed by atoms with E-state index in [4.69, 9.17) is 48.2 Å². The molecule has 0 amide bonds. The molecule has 160 valence electrons. The van der Waals surface area contributed by atoms with Gasteiger partial charge in [0, 0.05) is 0 Å². The van der Waals surface area contributed by atoms with Gasteiger partial charge < -0.3 is 9.47 Å². The Kier molecular flexibility index (Phi) is 24.7. The third kappa shape index (κ3) is 17.9. The number of esters is 2. The maximum absolute atomic E-state index is 11.0. The van der Waals surface area contributed by atoms with Gasteiger partial charge in [0.25, 0.3) is 0 Å². The molecule has 0 fully saturated rings. The Labute approximate surface area is 197 Å². The first-order chi connectivity index (χ1) is 13.5. The molecule has 2 aromatic carbocycles. The summed E-state index contributed by atoms with van der Waals surface area (Å²) in [6.45, 7) is 4.43. The summed E-state index contributed by atoms with van der Waals surface area (Å²) in [7, 11) is 19.4. The molecular formula is C18H20Cl4O4Ru2. The van der Waals surface area contributed by atoms with Gasteiger partial charge in [0.05, 0.1) is 24.3 Å². The van der Waals surface area contributed by atoms with Crippen LogP contribution in [0.5, 0.6) is 0 Å². The van der Waals surface area contributed by atoms with Crippen molar-refractivity contribution in [2.45, 2.75) is 13.8 Å². The molecule has 4 nitrogen and oxygen atoms in total. The number of hydrogen-bond donors (Lipinski definition) is 0. The summed E-state index contributed by atoms with van der Waals surface area (Å²) in [5.41, 5.74) is 1.21. The second-order valence-electron chi connectivity index (χ2n) is 4.27. The van der Waals surface area contributed by atoms with Crippen LogP contribution in [0.4, 0.5) is 0 Å². The van der Waals surface area contributed by atoms with Crippen molar-refractivity contribution in [3.05, 3.63) is 71.8 Å². The summed E-state index contributed by atoms with van der Waals surface area (Å²) in [6.07, 6.45) is 0. The van der Waals surface area contributed by atoms with E-state index in [-0.39, 0.29) is 42.2 Å². The fraction of sp³-hybridized carbons (Fsp3) is 0.222. The summed E-state index contributed by atoms with van der Waals surface area (Å²) in [4.78, 5) is 22.0. The molecular weight excluding hydrogens is 624 g/mol. The number of benzene rings is 2. The Hall–Kier alpha value is -0.213. The van der Waals surface area contributed by atoms with Crippen molar-refractivity contribution in [2.24, 2.45) is 0 Å². The quantitative estimate of drug-likeness (QED) is 0.283. The van der Waals surface area contributed by atoms with Crippen LogP contribution in [0.3, 0.4) is 0 Å². The SMILES string of the molecule is CCOC(=O)c1ccccc1.CCOC(=O)c1ccccc1.[Cl][Ru][Cl].[Cl][Ru][Cl]. The first-order valence-electron chi connectivity index (χ1n) is 7.66. The molecule has 0 atom stereocenters. The third-order valence-corrected chi connectivity index (χ3v) is 2.57. The number of ether oxygens (including phenoxy) is 2. The van der Waals surface area contributed by atoms with E-state index in [1.54, 1.807) is 38.1 Å². The Balaban J connectivity index is 0. The van der Waals surface area contributed by atoms with Gasteiger partial charge in [-0.25, -0.2) is 9.59 Å². The molecule has 0 radical (unpaired) electrons. The van der Waals surface area contributed by atoms with Gasteiger partial charge in [-0.15, -0.1) is 0 Å². The zero-order valence-electron chi connectivity index (χ0n) is 15.0. The van der Waals surface area contributed by atoms with Crippen LogP contribution in [0.15, 0.2) is 60.7 Å². The predicted octanol–water partition coefficient (Wildman–Crippen LogP) is 6.48. The monoisotopic (exact) mass is 644 g/mol. The molecule has 0 saturated carbocycles. The molecule has 0 unspecified atom stereocenters. The summed E-state index contributed by atoms with van der Waals surface area (Å²) in [6, 6.07) is 17.9. The summed E-state index contributed by atoms with van der Waals surface area (Å²) >= 11 is -0.691. The second-order valence-corrected chi connectivity index (χ2v) is 9.55. The van der Waals surface area contributed by atoms with E-state index in [1.807, 2.05) is 36.4 Å². The van der Waals surface area contributed by atoms with Crippen LogP contribution in [-0.2, 0) is 39.8 Å². The van der Waals surface area contributed by atoms with Gasteiger partial charge >= 0.3 is 81.0 Å². The van der Waals surface area contributed by atoms with Crippen molar-refractivity contribution in [3.63, 3.8) is 0 Å². The van der Waals surface area contributed by atoms with Gasteiger partial charge in [-0.3, -0.25) is 0 Å². The van der Waals surface area contributed by atoms with Gasteiger partial charge in [0.15, 0.2) is 0 Å². The normalized spacial score (nSPS) is 8.79. The van der Waals surface area contributed by atoms with Gasteiger partial charge in [0.2, 0.25) is 0 Å². The van der Waals surface area contributed by atoms with Crippen molar-refractivity contribution >= 4 is 50.7 Å². The van der Waals surface area contributed by atoms with Crippen LogP contribution in [0.1, 0.15) is 34.6 Å². The van der Waals surface area contributed by atoms with E-state index in [9.17, 15) is 9.59 Å². The molecule has 2 rings (SSSR count). The Morgan fingerprint density at radius 1 is 0.679 bits per heavy atom. The second kappa shape index (κ2) is 23.1. The van der Waals surface area contributed by atoms with Crippen LogP contribution in [0.25, 0.3) is 0 Å². The van der Waals surface area contributed by atoms with Crippen LogP contribution in [-0.4, -0.2) is 25.2 Å². The fourth-order valence-corrected chi connectivity index (χ4v) is 1.58. The van der Waals surface area contributed by atoms with Crippen LogP contribution in [0, 0.1) is 0 Å². The number of halogens is 4. The first kappa shape index (κ1) is 30.0. The third-order valence-electron chi connectivity index (χ3n) is 2.57. The number of hydrogen-bond acceptors (Lipinski definition) is 4. The molecule has 0 spiro atoms. The van der Waals surface area contributed by atoms with E-state index in [0.717, 1.165) is 0 Å². The van der Waals surface area contributed by atoms with E-state index < -0.39 is 0 Å². The number of carbonyl (C=O) groups is 2. The first-order valence-corrected chi connectivity index (χ1v) is 16.6. The van der Waals surface area contributed by atoms with Crippen molar-refractivity contribution in [3.8, 4) is 0 Å². The van der Waals surface area contributed by atoms with Crippen LogP contribution in [0.2, 0.25) is 0 Å². The zero-order chi connectivity index (χ0) is 21.6. The Morgan fingerprint density at radius 3 is 1.14 bits per heavy atom. The molecule has 0 aromatic heterocycles. The van der Waals surface area contributed by atoms with Crippen LogP contribution < -0.4 is 0 Å². The topological polar surface area (TPSA) is 52.6 Å². The average Bonchev–Trinajstić information content (AvgIpc) is 2.71. The average molecular weight is 644 g/mol. The molecule has 0 bridgehead atoms. The van der Waals surface area contributed by atoms with Crippen molar-refractivity contribution in [1.29, 1.82) is 0 Å². The Morgan fingerprint density at radius 2 is 0.929 bits per heavy atom. The summed E-state index contributed by atoms with van der Waals surface area (Å²) in [5, 5.41) is 0. The maximum atomic E-state index is 11.0. The Bertz CT molecular complexity index is 564. The molecule has 0 heterocycles. The molecule has 0 aliphatic rings. The summed E-state index contributed by atoms with van der Waals surface area (Å²) < 4.78 is 9.58. The van der Waals surface area contributed by atoms with Gasteiger partial charge in [-0.2, -0.15) is 0 Å². The van der Waals surface area contributed by atoms with Gasteiger partial charge in [0.1, 0.15) is 0 Å². The molecule has 0 aliphatic carbocycles. The van der Waals surface area contributed by atoms with Crippen molar-refractivity contribution < 1.29 is 49.4 Å². The van der Waals surface area contributed by atoms with Gasteiger partial charge in [-0.05, 0) is 38.1 Å². The summed E-state index contributed by atoms with van der Waals surface area (Å²) in [5.74, 6) is -0.513.